The van der Waals surface area contributed by atoms with E-state index in [0.29, 0.717) is 23.3 Å². The number of benzene rings is 1. The van der Waals surface area contributed by atoms with Crippen LogP contribution in [-0.4, -0.2) is 53.3 Å². The van der Waals surface area contributed by atoms with Gasteiger partial charge in [-0.3, -0.25) is 4.90 Å². The Labute approximate surface area is 198 Å². The monoisotopic (exact) mass is 457 g/mol. The predicted molar refractivity (Wildman–Crippen MR) is 133 cm³/mol. The first-order chi connectivity index (χ1) is 15.8. The van der Waals surface area contributed by atoms with E-state index in [-0.39, 0.29) is 17.8 Å². The molecule has 0 bridgehead atoms. The van der Waals surface area contributed by atoms with Crippen LogP contribution in [-0.2, 0) is 6.42 Å². The quantitative estimate of drug-likeness (QED) is 0.499. The Morgan fingerprint density at radius 2 is 1.91 bits per heavy atom. The van der Waals surface area contributed by atoms with E-state index in [1.807, 2.05) is 12.1 Å². The van der Waals surface area contributed by atoms with Crippen molar-refractivity contribution in [2.24, 2.45) is 0 Å². The molecule has 1 saturated heterocycles. The molecule has 0 saturated carbocycles. The molecular formula is C26H40FN5O. The number of anilines is 1. The Kier molecular flexibility index (Phi) is 8.89. The summed E-state index contributed by atoms with van der Waals surface area (Å²) in [6, 6.07) is 6.96. The third kappa shape index (κ3) is 6.79. The molecule has 0 radical (unpaired) electrons. The Hall–Kier alpha value is -2.41. The third-order valence-corrected chi connectivity index (χ3v) is 6.63. The molecule has 2 aromatic rings. The fraction of sp³-hybridized carbons (Fsp3) is 0.615. The van der Waals surface area contributed by atoms with Crippen molar-refractivity contribution in [2.75, 3.05) is 31.1 Å². The number of halogens is 1. The highest BCUT2D eigenvalue weighted by Crippen LogP contribution is 2.21. The van der Waals surface area contributed by atoms with Gasteiger partial charge in [0, 0.05) is 55.4 Å². The lowest BCUT2D eigenvalue weighted by Crippen LogP contribution is -2.49. The van der Waals surface area contributed by atoms with E-state index in [9.17, 15) is 4.39 Å². The van der Waals surface area contributed by atoms with Gasteiger partial charge in [0.05, 0.1) is 0 Å². The van der Waals surface area contributed by atoms with E-state index in [2.05, 4.69) is 66.5 Å². The van der Waals surface area contributed by atoms with Gasteiger partial charge in [0.2, 0.25) is 0 Å². The highest BCUT2D eigenvalue weighted by molar-refractivity contribution is 5.62. The molecule has 0 amide bonds. The number of hydrogen-bond donors (Lipinski definition) is 1. The van der Waals surface area contributed by atoms with Crippen molar-refractivity contribution in [1.82, 2.24) is 20.4 Å². The van der Waals surface area contributed by atoms with Crippen LogP contribution in [0.25, 0.3) is 5.70 Å². The molecule has 1 fully saturated rings. The molecule has 0 spiro atoms. The Morgan fingerprint density at radius 3 is 2.52 bits per heavy atom. The van der Waals surface area contributed by atoms with Crippen molar-refractivity contribution in [3.8, 4) is 0 Å². The summed E-state index contributed by atoms with van der Waals surface area (Å²) in [7, 11) is 0. The summed E-state index contributed by atoms with van der Waals surface area (Å²) in [5, 5.41) is 7.34. The molecule has 1 aliphatic rings. The second-order valence-corrected chi connectivity index (χ2v) is 9.60. The minimum Gasteiger partial charge on any atom is -0.383 e. The SMILES string of the molecule is C=C(N[C@H](C)CC)c1ccc(CCCC(C)N2CCN(c3nc(C(C)C)no3)CC2)cc1F. The van der Waals surface area contributed by atoms with Crippen LogP contribution >= 0.6 is 0 Å². The Balaban J connectivity index is 1.42. The smallest absolute Gasteiger partial charge is 0.324 e. The number of aromatic nitrogens is 2. The van der Waals surface area contributed by atoms with Crippen molar-refractivity contribution in [3.05, 3.63) is 47.5 Å². The molecular weight excluding hydrogens is 417 g/mol. The minimum atomic E-state index is -0.195. The van der Waals surface area contributed by atoms with Gasteiger partial charge in [0.15, 0.2) is 5.82 Å². The van der Waals surface area contributed by atoms with Crippen molar-refractivity contribution in [2.45, 2.75) is 78.3 Å². The first-order valence-electron chi connectivity index (χ1n) is 12.3. The van der Waals surface area contributed by atoms with Gasteiger partial charge in [-0.05, 0) is 57.2 Å². The number of hydrogen-bond acceptors (Lipinski definition) is 6. The molecule has 33 heavy (non-hydrogen) atoms. The molecule has 0 aliphatic carbocycles. The second-order valence-electron chi connectivity index (χ2n) is 9.60. The molecule has 2 heterocycles. The van der Waals surface area contributed by atoms with Gasteiger partial charge in [0.1, 0.15) is 5.82 Å². The van der Waals surface area contributed by atoms with E-state index in [1.165, 1.54) is 0 Å². The Bertz CT molecular complexity index is 904. The van der Waals surface area contributed by atoms with Gasteiger partial charge in [-0.25, -0.2) is 4.39 Å². The van der Waals surface area contributed by atoms with E-state index < -0.39 is 0 Å². The highest BCUT2D eigenvalue weighted by Gasteiger charge is 2.24. The van der Waals surface area contributed by atoms with Crippen molar-refractivity contribution < 1.29 is 8.91 Å². The van der Waals surface area contributed by atoms with Crippen LogP contribution in [0, 0.1) is 5.82 Å². The van der Waals surface area contributed by atoms with Crippen molar-refractivity contribution in [1.29, 1.82) is 0 Å². The van der Waals surface area contributed by atoms with E-state index in [1.54, 1.807) is 6.07 Å². The zero-order valence-electron chi connectivity index (χ0n) is 20.9. The summed E-state index contributed by atoms with van der Waals surface area (Å²) in [5.74, 6) is 0.842. The second kappa shape index (κ2) is 11.6. The largest absolute Gasteiger partial charge is 0.383 e. The normalized spacial score (nSPS) is 16.8. The summed E-state index contributed by atoms with van der Waals surface area (Å²) in [6.45, 7) is 18.3. The molecule has 1 unspecified atom stereocenters. The van der Waals surface area contributed by atoms with Gasteiger partial charge in [-0.1, -0.05) is 38.6 Å². The molecule has 7 heteroatoms. The number of nitrogens with zero attached hydrogens (tertiary/aromatic N) is 4. The minimum absolute atomic E-state index is 0.195. The summed E-state index contributed by atoms with van der Waals surface area (Å²) < 4.78 is 20.1. The zero-order chi connectivity index (χ0) is 24.0. The van der Waals surface area contributed by atoms with Gasteiger partial charge < -0.3 is 14.7 Å². The first-order valence-corrected chi connectivity index (χ1v) is 12.3. The maximum absolute atomic E-state index is 14.6. The lowest BCUT2D eigenvalue weighted by Gasteiger charge is -2.37. The maximum atomic E-state index is 14.6. The first kappa shape index (κ1) is 25.2. The van der Waals surface area contributed by atoms with Crippen LogP contribution < -0.4 is 10.2 Å². The van der Waals surface area contributed by atoms with Crippen LogP contribution in [0.5, 0.6) is 0 Å². The molecule has 1 aromatic carbocycles. The number of piperazine rings is 1. The number of nitrogens with one attached hydrogen (secondary N) is 1. The average Bonchev–Trinajstić information content (AvgIpc) is 3.30. The standard InChI is InChI=1S/C26H40FN5O/c1-7-19(4)28-21(6)23-12-11-22(17-24(23)27)10-8-9-20(5)31-13-15-32(16-14-31)26-29-25(18(2)3)30-33-26/h11-12,17-20,28H,6-10,13-16H2,1-5H3/t19-,20?/m1/s1. The molecule has 1 aliphatic heterocycles. The fourth-order valence-corrected chi connectivity index (χ4v) is 4.16. The fourth-order valence-electron chi connectivity index (χ4n) is 4.16. The molecule has 3 rings (SSSR count). The Morgan fingerprint density at radius 1 is 1.18 bits per heavy atom. The lowest BCUT2D eigenvalue weighted by molar-refractivity contribution is 0.183. The topological polar surface area (TPSA) is 57.4 Å². The van der Waals surface area contributed by atoms with Crippen LogP contribution in [0.15, 0.2) is 29.3 Å². The van der Waals surface area contributed by atoms with Crippen LogP contribution in [0.3, 0.4) is 0 Å². The summed E-state index contributed by atoms with van der Waals surface area (Å²) in [6.07, 6.45) is 3.98. The van der Waals surface area contributed by atoms with Gasteiger partial charge in [-0.15, -0.1) is 0 Å². The summed E-state index contributed by atoms with van der Waals surface area (Å²) in [5.41, 5.74) is 2.26. The van der Waals surface area contributed by atoms with Gasteiger partial charge in [0.25, 0.3) is 0 Å². The van der Waals surface area contributed by atoms with Gasteiger partial charge >= 0.3 is 6.01 Å². The lowest BCUT2D eigenvalue weighted by atomic mass is 10.0. The van der Waals surface area contributed by atoms with E-state index in [0.717, 1.165) is 63.3 Å². The third-order valence-electron chi connectivity index (χ3n) is 6.63. The predicted octanol–water partition coefficient (Wildman–Crippen LogP) is 5.22. The summed E-state index contributed by atoms with van der Waals surface area (Å²) in [4.78, 5) is 9.21. The van der Waals surface area contributed by atoms with E-state index >= 15 is 0 Å². The maximum Gasteiger partial charge on any atom is 0.324 e. The van der Waals surface area contributed by atoms with Crippen molar-refractivity contribution in [3.63, 3.8) is 0 Å². The van der Waals surface area contributed by atoms with Gasteiger partial charge in [-0.2, -0.15) is 4.98 Å². The number of rotatable bonds is 11. The van der Waals surface area contributed by atoms with Crippen LogP contribution in [0.4, 0.5) is 10.4 Å². The molecule has 182 valence electrons. The number of aryl methyl sites for hydroxylation is 1. The van der Waals surface area contributed by atoms with Crippen molar-refractivity contribution >= 4 is 11.7 Å². The molecule has 2 atom stereocenters. The molecule has 1 N–H and O–H groups in total. The zero-order valence-corrected chi connectivity index (χ0v) is 20.9. The molecule has 1 aromatic heterocycles. The average molecular weight is 458 g/mol. The van der Waals surface area contributed by atoms with Crippen LogP contribution in [0.1, 0.15) is 76.8 Å². The van der Waals surface area contributed by atoms with Crippen LogP contribution in [0.2, 0.25) is 0 Å². The molecule has 6 nitrogen and oxygen atoms in total. The summed E-state index contributed by atoms with van der Waals surface area (Å²) >= 11 is 0. The van der Waals surface area contributed by atoms with E-state index in [4.69, 9.17) is 4.52 Å². The highest BCUT2D eigenvalue weighted by atomic mass is 19.1.